The van der Waals surface area contributed by atoms with E-state index < -0.39 is 0 Å². The zero-order valence-corrected chi connectivity index (χ0v) is 22.3. The molecule has 4 atom stereocenters. The molecule has 0 spiro atoms. The van der Waals surface area contributed by atoms with Crippen LogP contribution in [0, 0.1) is 26.6 Å². The van der Waals surface area contributed by atoms with Crippen molar-refractivity contribution in [2.24, 2.45) is 0 Å². The molecular weight excluding hydrogens is 469 g/mol. The molecule has 198 valence electrons. The fourth-order valence-corrected chi connectivity index (χ4v) is 6.60. The Morgan fingerprint density at radius 3 is 2.49 bits per heavy atom. The molecule has 2 aromatic rings. The van der Waals surface area contributed by atoms with Crippen LogP contribution in [0.2, 0.25) is 0 Å². The first-order chi connectivity index (χ1) is 17.7. The maximum atomic E-state index is 13.6. The predicted molar refractivity (Wildman–Crippen MR) is 141 cm³/mol. The summed E-state index contributed by atoms with van der Waals surface area (Å²) in [6.07, 6.45) is 5.55. The average molecular weight is 508 g/mol. The summed E-state index contributed by atoms with van der Waals surface area (Å²) in [5.74, 6) is 0.585. The van der Waals surface area contributed by atoms with Crippen LogP contribution < -0.4 is 15.4 Å². The summed E-state index contributed by atoms with van der Waals surface area (Å²) in [7, 11) is 0. The van der Waals surface area contributed by atoms with Crippen molar-refractivity contribution in [3.05, 3.63) is 64.0 Å². The van der Waals surface area contributed by atoms with Crippen LogP contribution in [0.25, 0.3) is 0 Å². The van der Waals surface area contributed by atoms with Crippen LogP contribution in [-0.4, -0.2) is 47.5 Å². The van der Waals surface area contributed by atoms with Gasteiger partial charge in [-0.05, 0) is 106 Å². The zero-order chi connectivity index (χ0) is 26.3. The van der Waals surface area contributed by atoms with Gasteiger partial charge in [0.25, 0.3) is 5.91 Å². The number of carbonyl (C=O) groups excluding carboxylic acids is 2. The van der Waals surface area contributed by atoms with Crippen molar-refractivity contribution in [3.8, 4) is 5.75 Å². The fraction of sp³-hybridized carbons (Fsp3) is 0.533. The van der Waals surface area contributed by atoms with Crippen LogP contribution >= 0.6 is 0 Å². The monoisotopic (exact) mass is 507 g/mol. The predicted octanol–water partition coefficient (Wildman–Crippen LogP) is 4.89. The van der Waals surface area contributed by atoms with Gasteiger partial charge in [-0.1, -0.05) is 6.07 Å². The van der Waals surface area contributed by atoms with E-state index in [1.807, 2.05) is 0 Å². The van der Waals surface area contributed by atoms with Gasteiger partial charge in [0.1, 0.15) is 18.2 Å². The normalized spacial score (nSPS) is 26.1. The standard InChI is InChI=1S/C30H38FN3O3/c1-17-13-21(5-10-27(17)31)30(36)33-23-14-24-7-8-25(15-23)34(24)20(4)26-9-11-28(19(3)18(26)2)37-16-22-6-12-29(35)32-22/h5,9-11,13,20,22-25H,6-8,12,14-16H2,1-4H3,(H,32,35)(H,33,36)/t20?,22-,23?,24?,25?/m1/s1. The van der Waals surface area contributed by atoms with Crippen molar-refractivity contribution < 1.29 is 18.7 Å². The third-order valence-corrected chi connectivity index (χ3v) is 8.75. The number of fused-ring (bicyclic) bond motifs is 2. The van der Waals surface area contributed by atoms with Crippen LogP contribution in [0.5, 0.6) is 5.75 Å². The molecule has 0 radical (unpaired) electrons. The van der Waals surface area contributed by atoms with E-state index in [0.717, 1.165) is 43.4 Å². The lowest BCUT2D eigenvalue weighted by Crippen LogP contribution is -2.51. The minimum absolute atomic E-state index is 0.0929. The van der Waals surface area contributed by atoms with Gasteiger partial charge in [0, 0.05) is 36.2 Å². The number of nitrogens with one attached hydrogen (secondary N) is 2. The van der Waals surface area contributed by atoms with Gasteiger partial charge in [0.05, 0.1) is 6.04 Å². The number of halogens is 1. The summed E-state index contributed by atoms with van der Waals surface area (Å²) in [6, 6.07) is 10.2. The number of hydrogen-bond donors (Lipinski definition) is 2. The zero-order valence-electron chi connectivity index (χ0n) is 22.3. The molecule has 2 amide bonds. The summed E-state index contributed by atoms with van der Waals surface area (Å²) in [5, 5.41) is 6.18. The van der Waals surface area contributed by atoms with E-state index in [1.54, 1.807) is 19.1 Å². The van der Waals surface area contributed by atoms with E-state index in [9.17, 15) is 14.0 Å². The van der Waals surface area contributed by atoms with Crippen LogP contribution in [0.15, 0.2) is 30.3 Å². The largest absolute Gasteiger partial charge is 0.491 e. The molecule has 0 aliphatic carbocycles. The molecule has 37 heavy (non-hydrogen) atoms. The van der Waals surface area contributed by atoms with Gasteiger partial charge in [-0.3, -0.25) is 14.5 Å². The second kappa shape index (κ2) is 10.4. The molecule has 2 bridgehead atoms. The highest BCUT2D eigenvalue weighted by molar-refractivity contribution is 5.94. The molecule has 0 aromatic heterocycles. The quantitative estimate of drug-likeness (QED) is 0.560. The first-order valence-corrected chi connectivity index (χ1v) is 13.6. The molecule has 3 saturated heterocycles. The van der Waals surface area contributed by atoms with Crippen molar-refractivity contribution in [3.63, 3.8) is 0 Å². The topological polar surface area (TPSA) is 70.7 Å². The average Bonchev–Trinajstić information content (AvgIpc) is 3.40. The van der Waals surface area contributed by atoms with Gasteiger partial charge in [-0.25, -0.2) is 4.39 Å². The summed E-state index contributed by atoms with van der Waals surface area (Å²) < 4.78 is 19.7. The molecule has 3 heterocycles. The van der Waals surface area contributed by atoms with Gasteiger partial charge in [0.2, 0.25) is 5.91 Å². The minimum Gasteiger partial charge on any atom is -0.491 e. The first-order valence-electron chi connectivity index (χ1n) is 13.6. The molecule has 2 aromatic carbocycles. The summed E-state index contributed by atoms with van der Waals surface area (Å²) in [6.45, 7) is 8.76. The Balaban J connectivity index is 1.23. The lowest BCUT2D eigenvalue weighted by atomic mass is 9.91. The van der Waals surface area contributed by atoms with Gasteiger partial charge in [0.15, 0.2) is 0 Å². The molecule has 3 unspecified atom stereocenters. The van der Waals surface area contributed by atoms with Gasteiger partial charge in [-0.15, -0.1) is 0 Å². The number of carbonyl (C=O) groups is 2. The number of benzene rings is 2. The Morgan fingerprint density at radius 1 is 1.11 bits per heavy atom. The van der Waals surface area contributed by atoms with E-state index in [1.165, 1.54) is 17.2 Å². The number of aryl methyl sites for hydroxylation is 1. The summed E-state index contributed by atoms with van der Waals surface area (Å²) >= 11 is 0. The number of nitrogens with zero attached hydrogens (tertiary/aromatic N) is 1. The molecule has 0 saturated carbocycles. The second-order valence-electron chi connectivity index (χ2n) is 11.1. The highest BCUT2D eigenvalue weighted by atomic mass is 19.1. The molecule has 3 fully saturated rings. The SMILES string of the molecule is Cc1cc(C(=O)NC2CC3CCC(C2)N3C(C)c2ccc(OC[C@H]3CCC(=O)N3)c(C)c2C)ccc1F. The maximum Gasteiger partial charge on any atom is 0.251 e. The first kappa shape index (κ1) is 25.7. The Bertz CT molecular complexity index is 1180. The lowest BCUT2D eigenvalue weighted by Gasteiger charge is -2.43. The minimum atomic E-state index is -0.288. The molecule has 6 nitrogen and oxygen atoms in total. The second-order valence-corrected chi connectivity index (χ2v) is 11.1. The van der Waals surface area contributed by atoms with Crippen molar-refractivity contribution in [1.29, 1.82) is 0 Å². The van der Waals surface area contributed by atoms with Crippen LogP contribution in [0.3, 0.4) is 0 Å². The van der Waals surface area contributed by atoms with Crippen LogP contribution in [0.4, 0.5) is 4.39 Å². The molecule has 2 N–H and O–H groups in total. The number of amides is 2. The van der Waals surface area contributed by atoms with E-state index in [4.69, 9.17) is 4.74 Å². The van der Waals surface area contributed by atoms with E-state index in [0.29, 0.717) is 36.2 Å². The van der Waals surface area contributed by atoms with Crippen molar-refractivity contribution in [2.75, 3.05) is 6.61 Å². The van der Waals surface area contributed by atoms with Crippen LogP contribution in [0.1, 0.15) is 84.1 Å². The summed E-state index contributed by atoms with van der Waals surface area (Å²) in [5.41, 5.74) is 4.73. The molecule has 3 aliphatic rings. The van der Waals surface area contributed by atoms with E-state index >= 15 is 0 Å². The number of rotatable bonds is 7. The smallest absolute Gasteiger partial charge is 0.251 e. The molecular formula is C30H38FN3O3. The Labute approximate surface area is 219 Å². The van der Waals surface area contributed by atoms with Crippen molar-refractivity contribution >= 4 is 11.8 Å². The Hall–Kier alpha value is -2.93. The Morgan fingerprint density at radius 2 is 1.84 bits per heavy atom. The van der Waals surface area contributed by atoms with Gasteiger partial charge < -0.3 is 15.4 Å². The third kappa shape index (κ3) is 5.24. The molecule has 3 aliphatic heterocycles. The lowest BCUT2D eigenvalue weighted by molar-refractivity contribution is -0.119. The maximum absolute atomic E-state index is 13.6. The molecule has 7 heteroatoms. The van der Waals surface area contributed by atoms with Crippen molar-refractivity contribution in [1.82, 2.24) is 15.5 Å². The third-order valence-electron chi connectivity index (χ3n) is 8.75. The molecule has 5 rings (SSSR count). The fourth-order valence-electron chi connectivity index (χ4n) is 6.60. The number of piperidine rings is 1. The number of ether oxygens (including phenoxy) is 1. The van der Waals surface area contributed by atoms with Crippen LogP contribution in [-0.2, 0) is 4.79 Å². The highest BCUT2D eigenvalue weighted by Crippen LogP contribution is 2.43. The van der Waals surface area contributed by atoms with E-state index in [-0.39, 0.29) is 35.8 Å². The van der Waals surface area contributed by atoms with E-state index in [2.05, 4.69) is 48.4 Å². The van der Waals surface area contributed by atoms with Gasteiger partial charge >= 0.3 is 0 Å². The highest BCUT2D eigenvalue weighted by Gasteiger charge is 2.43. The van der Waals surface area contributed by atoms with Gasteiger partial charge in [-0.2, -0.15) is 0 Å². The number of hydrogen-bond acceptors (Lipinski definition) is 4. The summed E-state index contributed by atoms with van der Waals surface area (Å²) in [4.78, 5) is 27.0. The van der Waals surface area contributed by atoms with Crippen molar-refractivity contribution in [2.45, 2.75) is 96.4 Å². The Kier molecular flexibility index (Phi) is 7.26.